The molecule has 0 aromatic carbocycles. The number of aromatic nitrogens is 4. The van der Waals surface area contributed by atoms with Crippen LogP contribution in [0.5, 0.6) is 0 Å². The topological polar surface area (TPSA) is 55.6 Å². The Kier molecular flexibility index (Phi) is 3.26. The molecular weight excluding hydrogens is 306 g/mol. The van der Waals surface area contributed by atoms with Gasteiger partial charge >= 0.3 is 0 Å². The summed E-state index contributed by atoms with van der Waals surface area (Å²) in [6.45, 7) is 2.10. The maximum atomic E-state index is 4.59. The van der Waals surface area contributed by atoms with Gasteiger partial charge in [-0.1, -0.05) is 6.92 Å². The van der Waals surface area contributed by atoms with Crippen LogP contribution in [-0.2, 0) is 13.5 Å². The Morgan fingerprint density at radius 2 is 2.21 bits per heavy atom. The fourth-order valence-corrected chi connectivity index (χ4v) is 2.46. The number of halogens is 1. The van der Waals surface area contributed by atoms with E-state index in [1.807, 2.05) is 24.0 Å². The van der Waals surface area contributed by atoms with E-state index >= 15 is 0 Å². The van der Waals surface area contributed by atoms with E-state index in [9.17, 15) is 0 Å². The van der Waals surface area contributed by atoms with Crippen LogP contribution in [0.25, 0.3) is 0 Å². The second kappa shape index (κ2) is 4.92. The number of nitrogens with one attached hydrogen (secondary N) is 1. The lowest BCUT2D eigenvalue weighted by molar-refractivity contribution is 0.746. The van der Waals surface area contributed by atoms with Gasteiger partial charge in [0, 0.05) is 25.2 Å². The molecule has 19 heavy (non-hydrogen) atoms. The average Bonchev–Trinajstić information content (AvgIpc) is 3.14. The van der Waals surface area contributed by atoms with Gasteiger partial charge < -0.3 is 5.32 Å². The summed E-state index contributed by atoms with van der Waals surface area (Å²) < 4.78 is 2.65. The highest BCUT2D eigenvalue weighted by Gasteiger charge is 2.27. The molecule has 1 saturated carbocycles. The molecule has 0 atom stereocenters. The van der Waals surface area contributed by atoms with Crippen molar-refractivity contribution in [2.45, 2.75) is 32.1 Å². The highest BCUT2D eigenvalue weighted by molar-refractivity contribution is 9.10. The van der Waals surface area contributed by atoms with Gasteiger partial charge in [0.05, 0.1) is 11.4 Å². The third kappa shape index (κ3) is 2.78. The predicted octanol–water partition coefficient (Wildman–Crippen LogP) is 3.16. The maximum Gasteiger partial charge on any atom is 0.135 e. The van der Waals surface area contributed by atoms with Gasteiger partial charge in [0.25, 0.3) is 0 Å². The van der Waals surface area contributed by atoms with Crippen molar-refractivity contribution in [1.82, 2.24) is 19.7 Å². The van der Waals surface area contributed by atoms with Crippen LogP contribution in [0.4, 0.5) is 11.5 Å². The van der Waals surface area contributed by atoms with Crippen molar-refractivity contribution in [2.75, 3.05) is 5.32 Å². The summed E-state index contributed by atoms with van der Waals surface area (Å²) in [6, 6.07) is 1.90. The Bertz CT molecular complexity index is 603. The van der Waals surface area contributed by atoms with Gasteiger partial charge in [0.2, 0.25) is 0 Å². The standard InChI is InChI=1S/C13H16BrN5/c1-3-9-10(7-19(2)18-9)15-12-6-11(14)16-13(17-12)8-4-5-8/h6-8H,3-5H2,1-2H3,(H,15,16,17). The molecule has 0 saturated heterocycles. The van der Waals surface area contributed by atoms with Crippen LogP contribution in [-0.4, -0.2) is 19.7 Å². The van der Waals surface area contributed by atoms with Crippen molar-refractivity contribution in [3.8, 4) is 0 Å². The van der Waals surface area contributed by atoms with Crippen LogP contribution in [0.3, 0.4) is 0 Å². The lowest BCUT2D eigenvalue weighted by atomic mass is 10.3. The van der Waals surface area contributed by atoms with E-state index in [1.54, 1.807) is 0 Å². The molecule has 2 heterocycles. The first kappa shape index (κ1) is 12.6. The molecule has 0 aliphatic heterocycles. The van der Waals surface area contributed by atoms with E-state index in [2.05, 4.69) is 43.2 Å². The van der Waals surface area contributed by atoms with Crippen molar-refractivity contribution < 1.29 is 0 Å². The second-order valence-corrected chi connectivity index (χ2v) is 5.66. The van der Waals surface area contributed by atoms with E-state index in [0.717, 1.165) is 34.0 Å². The number of aryl methyl sites for hydroxylation is 2. The van der Waals surface area contributed by atoms with Gasteiger partial charge in [-0.25, -0.2) is 9.97 Å². The zero-order chi connectivity index (χ0) is 13.4. The van der Waals surface area contributed by atoms with Gasteiger partial charge in [0.1, 0.15) is 16.2 Å². The van der Waals surface area contributed by atoms with Crippen LogP contribution in [0.2, 0.25) is 0 Å². The van der Waals surface area contributed by atoms with Crippen LogP contribution >= 0.6 is 15.9 Å². The van der Waals surface area contributed by atoms with Gasteiger partial charge in [-0.15, -0.1) is 0 Å². The molecule has 100 valence electrons. The fraction of sp³-hybridized carbons (Fsp3) is 0.462. The Balaban J connectivity index is 1.89. The zero-order valence-electron chi connectivity index (χ0n) is 11.0. The summed E-state index contributed by atoms with van der Waals surface area (Å²) >= 11 is 3.45. The smallest absolute Gasteiger partial charge is 0.135 e. The zero-order valence-corrected chi connectivity index (χ0v) is 12.6. The number of anilines is 2. The Hall–Kier alpha value is -1.43. The van der Waals surface area contributed by atoms with Gasteiger partial charge in [-0.3, -0.25) is 4.68 Å². The van der Waals surface area contributed by atoms with Crippen LogP contribution in [0.15, 0.2) is 16.9 Å². The normalized spacial score (nSPS) is 14.7. The third-order valence-corrected chi connectivity index (χ3v) is 3.56. The Morgan fingerprint density at radius 1 is 1.42 bits per heavy atom. The lowest BCUT2D eigenvalue weighted by Crippen LogP contribution is -2.00. The van der Waals surface area contributed by atoms with E-state index < -0.39 is 0 Å². The molecule has 0 spiro atoms. The number of nitrogens with zero attached hydrogens (tertiary/aromatic N) is 4. The van der Waals surface area contributed by atoms with Crippen LogP contribution < -0.4 is 5.32 Å². The highest BCUT2D eigenvalue weighted by Crippen LogP contribution is 2.39. The fourth-order valence-electron chi connectivity index (χ4n) is 2.06. The first-order valence-electron chi connectivity index (χ1n) is 6.49. The number of hydrogen-bond donors (Lipinski definition) is 1. The van der Waals surface area contributed by atoms with Gasteiger partial charge in [-0.05, 0) is 35.2 Å². The van der Waals surface area contributed by atoms with Crippen molar-refractivity contribution in [2.24, 2.45) is 7.05 Å². The molecule has 1 fully saturated rings. The van der Waals surface area contributed by atoms with E-state index in [4.69, 9.17) is 0 Å². The Labute approximate surface area is 120 Å². The SMILES string of the molecule is CCc1nn(C)cc1Nc1cc(Br)nc(C2CC2)n1. The molecule has 0 radical (unpaired) electrons. The first-order valence-corrected chi connectivity index (χ1v) is 7.29. The van der Waals surface area contributed by atoms with E-state index in [0.29, 0.717) is 5.92 Å². The molecule has 5 nitrogen and oxygen atoms in total. The molecule has 1 aliphatic rings. The van der Waals surface area contributed by atoms with Gasteiger partial charge in [0.15, 0.2) is 0 Å². The summed E-state index contributed by atoms with van der Waals surface area (Å²) in [5.41, 5.74) is 2.06. The van der Waals surface area contributed by atoms with Crippen LogP contribution in [0, 0.1) is 0 Å². The quantitative estimate of drug-likeness (QED) is 0.879. The van der Waals surface area contributed by atoms with Crippen molar-refractivity contribution in [3.63, 3.8) is 0 Å². The molecule has 3 rings (SSSR count). The monoisotopic (exact) mass is 321 g/mol. The second-order valence-electron chi connectivity index (χ2n) is 4.85. The minimum Gasteiger partial charge on any atom is -0.337 e. The summed E-state index contributed by atoms with van der Waals surface area (Å²) in [5, 5.41) is 7.76. The van der Waals surface area contributed by atoms with Crippen LogP contribution in [0.1, 0.15) is 37.2 Å². The summed E-state index contributed by atoms with van der Waals surface area (Å²) in [7, 11) is 1.93. The molecule has 0 unspecified atom stereocenters. The summed E-state index contributed by atoms with van der Waals surface area (Å²) in [6.07, 6.45) is 5.27. The Morgan fingerprint density at radius 3 is 2.89 bits per heavy atom. The number of hydrogen-bond acceptors (Lipinski definition) is 4. The van der Waals surface area contributed by atoms with Crippen molar-refractivity contribution >= 4 is 27.4 Å². The summed E-state index contributed by atoms with van der Waals surface area (Å²) in [5.74, 6) is 2.29. The molecule has 2 aromatic rings. The molecule has 6 heteroatoms. The molecule has 2 aromatic heterocycles. The lowest BCUT2D eigenvalue weighted by Gasteiger charge is -2.07. The van der Waals surface area contributed by atoms with Crippen molar-refractivity contribution in [3.05, 3.63) is 28.4 Å². The molecule has 1 aliphatic carbocycles. The van der Waals surface area contributed by atoms with Crippen molar-refractivity contribution in [1.29, 1.82) is 0 Å². The summed E-state index contributed by atoms with van der Waals surface area (Å²) in [4.78, 5) is 9.02. The minimum atomic E-state index is 0.539. The average molecular weight is 322 g/mol. The first-order chi connectivity index (χ1) is 9.15. The number of rotatable bonds is 4. The molecule has 1 N–H and O–H groups in total. The maximum absolute atomic E-state index is 4.59. The predicted molar refractivity (Wildman–Crippen MR) is 77.6 cm³/mol. The molecular formula is C13H16BrN5. The van der Waals surface area contributed by atoms with Gasteiger partial charge in [-0.2, -0.15) is 5.10 Å². The largest absolute Gasteiger partial charge is 0.337 e. The van der Waals surface area contributed by atoms with E-state index in [-0.39, 0.29) is 0 Å². The minimum absolute atomic E-state index is 0.539. The van der Waals surface area contributed by atoms with E-state index in [1.165, 1.54) is 12.8 Å². The highest BCUT2D eigenvalue weighted by atomic mass is 79.9. The molecule has 0 amide bonds. The third-order valence-electron chi connectivity index (χ3n) is 3.16. The molecule has 0 bridgehead atoms.